The summed E-state index contributed by atoms with van der Waals surface area (Å²) in [5.41, 5.74) is 1.72. The standard InChI is InChI=1S/C25H31ClN8O4S/c1-17(2)13-21(30-39(37,38)29-20-7-4-3-5-8-20)25(36)33-12-6-9-23(33)24(35)27-15-18-14-19(26)10-11-22(18)34-16-28-31-32-34/h3-5,7-8,10-11,14,16-17,21,23,29-30H,6,9,12-13,15H2,1-2H3,(H,27,35)/t21-,23-/m0/s1. The zero-order valence-electron chi connectivity index (χ0n) is 21.6. The number of para-hydroxylation sites is 1. The molecule has 0 radical (unpaired) electrons. The van der Waals surface area contributed by atoms with Gasteiger partial charge < -0.3 is 10.2 Å². The second-order valence-electron chi connectivity index (χ2n) is 9.71. The van der Waals surface area contributed by atoms with Crippen LogP contribution in [0.1, 0.15) is 38.7 Å². The number of nitrogens with zero attached hydrogens (tertiary/aromatic N) is 5. The van der Waals surface area contributed by atoms with Gasteiger partial charge in [-0.25, -0.2) is 4.68 Å². The highest BCUT2D eigenvalue weighted by atomic mass is 35.5. The van der Waals surface area contributed by atoms with Crippen molar-refractivity contribution in [1.29, 1.82) is 0 Å². The van der Waals surface area contributed by atoms with Crippen LogP contribution in [0.5, 0.6) is 0 Å². The lowest BCUT2D eigenvalue weighted by molar-refractivity contribution is -0.140. The highest BCUT2D eigenvalue weighted by Gasteiger charge is 2.38. The minimum absolute atomic E-state index is 0.0285. The van der Waals surface area contributed by atoms with Crippen LogP contribution in [0.25, 0.3) is 5.69 Å². The lowest BCUT2D eigenvalue weighted by Crippen LogP contribution is -2.54. The Morgan fingerprint density at radius 3 is 2.62 bits per heavy atom. The maximum Gasteiger partial charge on any atom is 0.299 e. The van der Waals surface area contributed by atoms with Crippen molar-refractivity contribution >= 4 is 39.3 Å². The second kappa shape index (κ2) is 12.5. The fraction of sp³-hybridized carbons (Fsp3) is 0.400. The molecule has 1 fully saturated rings. The van der Waals surface area contributed by atoms with Crippen LogP contribution >= 0.6 is 11.6 Å². The van der Waals surface area contributed by atoms with E-state index in [1.807, 2.05) is 13.8 Å². The number of hydrogen-bond acceptors (Lipinski definition) is 7. The molecule has 12 nitrogen and oxygen atoms in total. The summed E-state index contributed by atoms with van der Waals surface area (Å²) in [6.07, 6.45) is 2.81. The van der Waals surface area contributed by atoms with E-state index in [0.717, 1.165) is 0 Å². The molecular weight excluding hydrogens is 544 g/mol. The van der Waals surface area contributed by atoms with Crippen molar-refractivity contribution in [2.45, 2.75) is 51.7 Å². The van der Waals surface area contributed by atoms with Gasteiger partial charge in [0.05, 0.1) is 5.69 Å². The van der Waals surface area contributed by atoms with E-state index in [0.29, 0.717) is 41.3 Å². The van der Waals surface area contributed by atoms with E-state index < -0.39 is 28.2 Å². The van der Waals surface area contributed by atoms with E-state index in [-0.39, 0.29) is 24.8 Å². The maximum absolute atomic E-state index is 13.6. The van der Waals surface area contributed by atoms with Crippen LogP contribution in [0.15, 0.2) is 54.9 Å². The number of rotatable bonds is 11. The Hall–Kier alpha value is -3.55. The Morgan fingerprint density at radius 2 is 1.92 bits per heavy atom. The minimum Gasteiger partial charge on any atom is -0.350 e. The summed E-state index contributed by atoms with van der Waals surface area (Å²) in [4.78, 5) is 28.3. The SMILES string of the molecule is CC(C)C[C@H](NS(=O)(=O)Nc1ccccc1)C(=O)N1CCC[C@H]1C(=O)NCc1cc(Cl)ccc1-n1cnnn1. The van der Waals surface area contributed by atoms with Crippen LogP contribution < -0.4 is 14.8 Å². The first-order valence-electron chi connectivity index (χ1n) is 12.6. The van der Waals surface area contributed by atoms with E-state index >= 15 is 0 Å². The van der Waals surface area contributed by atoms with Crippen LogP contribution in [0, 0.1) is 5.92 Å². The number of hydrogen-bond donors (Lipinski definition) is 3. The summed E-state index contributed by atoms with van der Waals surface area (Å²) >= 11 is 6.18. The van der Waals surface area contributed by atoms with Gasteiger partial charge in [0.2, 0.25) is 11.8 Å². The molecule has 39 heavy (non-hydrogen) atoms. The molecule has 0 spiro atoms. The van der Waals surface area contributed by atoms with E-state index in [9.17, 15) is 18.0 Å². The van der Waals surface area contributed by atoms with Gasteiger partial charge in [-0.15, -0.1) is 5.10 Å². The first-order chi connectivity index (χ1) is 18.6. The Labute approximate surface area is 232 Å². The Bertz CT molecular complexity index is 1390. The molecule has 4 rings (SSSR count). The lowest BCUT2D eigenvalue weighted by atomic mass is 10.0. The zero-order chi connectivity index (χ0) is 28.0. The second-order valence-corrected chi connectivity index (χ2v) is 11.6. The fourth-order valence-electron chi connectivity index (χ4n) is 4.54. The highest BCUT2D eigenvalue weighted by molar-refractivity contribution is 7.90. The molecule has 0 aliphatic carbocycles. The van der Waals surface area contributed by atoms with Crippen LogP contribution in [-0.4, -0.2) is 64.0 Å². The molecule has 2 amide bonds. The molecule has 1 aromatic heterocycles. The normalized spacial score (nSPS) is 16.3. The van der Waals surface area contributed by atoms with E-state index in [1.165, 1.54) is 15.9 Å². The van der Waals surface area contributed by atoms with Crippen molar-refractivity contribution in [1.82, 2.24) is 35.1 Å². The summed E-state index contributed by atoms with van der Waals surface area (Å²) < 4.78 is 32.1. The fourth-order valence-corrected chi connectivity index (χ4v) is 5.81. The number of halogens is 1. The van der Waals surface area contributed by atoms with Crippen molar-refractivity contribution in [2.75, 3.05) is 11.3 Å². The summed E-state index contributed by atoms with van der Waals surface area (Å²) in [7, 11) is -4.05. The Morgan fingerprint density at radius 1 is 1.15 bits per heavy atom. The highest BCUT2D eigenvalue weighted by Crippen LogP contribution is 2.23. The van der Waals surface area contributed by atoms with Gasteiger partial charge in [0.1, 0.15) is 18.4 Å². The van der Waals surface area contributed by atoms with Crippen molar-refractivity contribution in [2.24, 2.45) is 5.92 Å². The monoisotopic (exact) mass is 574 g/mol. The molecule has 2 heterocycles. The third kappa shape index (κ3) is 7.52. The minimum atomic E-state index is -4.05. The topological polar surface area (TPSA) is 151 Å². The van der Waals surface area contributed by atoms with Crippen molar-refractivity contribution < 1.29 is 18.0 Å². The van der Waals surface area contributed by atoms with Crippen LogP contribution in [0.4, 0.5) is 5.69 Å². The average Bonchev–Trinajstić information content (AvgIpc) is 3.59. The Kier molecular flexibility index (Phi) is 9.15. The number of likely N-dealkylation sites (tertiary alicyclic amines) is 1. The third-order valence-corrected chi connectivity index (χ3v) is 7.59. The number of nitrogens with one attached hydrogen (secondary N) is 3. The Balaban J connectivity index is 1.46. The van der Waals surface area contributed by atoms with Gasteiger partial charge in [-0.2, -0.15) is 13.1 Å². The molecule has 3 N–H and O–H groups in total. The van der Waals surface area contributed by atoms with E-state index in [1.54, 1.807) is 48.5 Å². The van der Waals surface area contributed by atoms with Crippen molar-refractivity contribution in [3.05, 3.63) is 65.4 Å². The molecule has 0 saturated carbocycles. The van der Waals surface area contributed by atoms with E-state index in [2.05, 4.69) is 30.3 Å². The van der Waals surface area contributed by atoms with Crippen LogP contribution in [0.3, 0.4) is 0 Å². The maximum atomic E-state index is 13.6. The summed E-state index contributed by atoms with van der Waals surface area (Å²) in [6.45, 7) is 4.30. The van der Waals surface area contributed by atoms with E-state index in [4.69, 9.17) is 11.6 Å². The first-order valence-corrected chi connectivity index (χ1v) is 14.4. The molecular formula is C25H31ClN8O4S. The summed E-state index contributed by atoms with van der Waals surface area (Å²) in [5, 5.41) is 14.6. The number of anilines is 1. The number of carbonyl (C=O) groups excluding carboxylic acids is 2. The number of carbonyl (C=O) groups is 2. The number of benzene rings is 2. The quantitative estimate of drug-likeness (QED) is 0.318. The predicted molar refractivity (Wildman–Crippen MR) is 146 cm³/mol. The van der Waals surface area contributed by atoms with Crippen LogP contribution in [0.2, 0.25) is 5.02 Å². The van der Waals surface area contributed by atoms with Gasteiger partial charge in [-0.05, 0) is 71.5 Å². The van der Waals surface area contributed by atoms with Gasteiger partial charge in [0.25, 0.3) is 10.2 Å². The number of tetrazole rings is 1. The third-order valence-electron chi connectivity index (χ3n) is 6.26. The van der Waals surface area contributed by atoms with Gasteiger partial charge in [0.15, 0.2) is 0 Å². The van der Waals surface area contributed by atoms with Gasteiger partial charge in [-0.1, -0.05) is 43.6 Å². The van der Waals surface area contributed by atoms with Gasteiger partial charge in [-0.3, -0.25) is 14.3 Å². The molecule has 3 aromatic rings. The molecule has 208 valence electrons. The van der Waals surface area contributed by atoms with Gasteiger partial charge in [0, 0.05) is 23.8 Å². The number of amides is 2. The zero-order valence-corrected chi connectivity index (χ0v) is 23.2. The molecule has 1 saturated heterocycles. The predicted octanol–water partition coefficient (Wildman–Crippen LogP) is 2.28. The largest absolute Gasteiger partial charge is 0.350 e. The molecule has 2 aromatic carbocycles. The van der Waals surface area contributed by atoms with Crippen molar-refractivity contribution in [3.63, 3.8) is 0 Å². The lowest BCUT2D eigenvalue weighted by Gasteiger charge is -2.29. The van der Waals surface area contributed by atoms with Crippen LogP contribution in [-0.2, 0) is 26.3 Å². The summed E-state index contributed by atoms with van der Waals surface area (Å²) in [6, 6.07) is 11.8. The molecule has 0 unspecified atom stereocenters. The average molecular weight is 575 g/mol. The molecule has 1 aliphatic rings. The van der Waals surface area contributed by atoms with Crippen molar-refractivity contribution in [3.8, 4) is 5.69 Å². The summed E-state index contributed by atoms with van der Waals surface area (Å²) in [5.74, 6) is -0.741. The van der Waals surface area contributed by atoms with Gasteiger partial charge >= 0.3 is 0 Å². The smallest absolute Gasteiger partial charge is 0.299 e. The first kappa shape index (κ1) is 28.5. The number of aromatic nitrogens is 4. The molecule has 0 bridgehead atoms. The molecule has 1 aliphatic heterocycles. The molecule has 2 atom stereocenters. The molecule has 14 heteroatoms.